The highest BCUT2D eigenvalue weighted by Crippen LogP contribution is 2.41. The van der Waals surface area contributed by atoms with E-state index in [1.54, 1.807) is 13.0 Å². The van der Waals surface area contributed by atoms with E-state index in [-0.39, 0.29) is 35.3 Å². The lowest BCUT2D eigenvalue weighted by Crippen LogP contribution is -2.14. The molecule has 3 aromatic carbocycles. The molecule has 9 heteroatoms. The number of benzene rings is 3. The predicted octanol–water partition coefficient (Wildman–Crippen LogP) is 7.61. The molecule has 1 aliphatic heterocycles. The molecule has 0 spiro atoms. The molecule has 0 aliphatic carbocycles. The molecule has 1 amide bonds. The van der Waals surface area contributed by atoms with Crippen molar-refractivity contribution < 1.29 is 28.9 Å². The fourth-order valence-corrected chi connectivity index (χ4v) is 5.98. The fourth-order valence-electron chi connectivity index (χ4n) is 4.17. The maximum Gasteiger partial charge on any atom is 0.344 e. The number of hydrogen-bond acceptors (Lipinski definition) is 7. The SMILES string of the molecule is CCCC(=O)N=C1S/C(=C\c2cc(I)c(OCc3cccc4ccccc34)c(OCC)c2)C(O)=C1C(=O)OCC. The Hall–Kier alpha value is -3.31. The topological polar surface area (TPSA) is 94.4 Å². The molecular weight excluding hydrogens is 641 g/mol. The number of rotatable bonds is 10. The zero-order valence-electron chi connectivity index (χ0n) is 22.5. The summed E-state index contributed by atoms with van der Waals surface area (Å²) in [7, 11) is 0. The first kappa shape index (κ1) is 29.7. The largest absolute Gasteiger partial charge is 0.506 e. The van der Waals surface area contributed by atoms with Crippen molar-refractivity contribution in [1.29, 1.82) is 0 Å². The molecule has 0 radical (unpaired) electrons. The number of nitrogens with zero attached hydrogens (tertiary/aromatic N) is 1. The van der Waals surface area contributed by atoms with Gasteiger partial charge in [-0.15, -0.1) is 0 Å². The van der Waals surface area contributed by atoms with Gasteiger partial charge in [0.1, 0.15) is 23.0 Å². The van der Waals surface area contributed by atoms with Gasteiger partial charge in [-0.25, -0.2) is 9.79 Å². The first-order valence-corrected chi connectivity index (χ1v) is 14.9. The van der Waals surface area contributed by atoms with Crippen LogP contribution in [-0.2, 0) is 20.9 Å². The summed E-state index contributed by atoms with van der Waals surface area (Å²) >= 11 is 3.26. The Balaban J connectivity index is 1.67. The van der Waals surface area contributed by atoms with Crippen LogP contribution in [0.2, 0.25) is 0 Å². The predicted molar refractivity (Wildman–Crippen MR) is 168 cm³/mol. The highest BCUT2D eigenvalue weighted by atomic mass is 127. The average Bonchev–Trinajstić information content (AvgIpc) is 3.22. The van der Waals surface area contributed by atoms with E-state index in [1.807, 2.05) is 50.2 Å². The summed E-state index contributed by atoms with van der Waals surface area (Å²) in [6.07, 6.45) is 2.60. The Kier molecular flexibility index (Phi) is 10.3. The zero-order valence-corrected chi connectivity index (χ0v) is 25.5. The molecule has 4 rings (SSSR count). The first-order valence-electron chi connectivity index (χ1n) is 13.0. The van der Waals surface area contributed by atoms with Crippen LogP contribution in [0.1, 0.15) is 44.7 Å². The number of hydrogen-bond donors (Lipinski definition) is 1. The van der Waals surface area contributed by atoms with Crippen LogP contribution < -0.4 is 9.47 Å². The van der Waals surface area contributed by atoms with Crippen LogP contribution in [0.25, 0.3) is 16.8 Å². The molecule has 208 valence electrons. The second-order valence-corrected chi connectivity index (χ2v) is 11.0. The number of amides is 1. The lowest BCUT2D eigenvalue weighted by atomic mass is 10.1. The van der Waals surface area contributed by atoms with Crippen molar-refractivity contribution >= 4 is 68.1 Å². The minimum atomic E-state index is -0.722. The van der Waals surface area contributed by atoms with Crippen molar-refractivity contribution in [2.45, 2.75) is 40.2 Å². The highest BCUT2D eigenvalue weighted by Gasteiger charge is 2.33. The van der Waals surface area contributed by atoms with Gasteiger partial charge in [0.25, 0.3) is 0 Å². The number of esters is 1. The summed E-state index contributed by atoms with van der Waals surface area (Å²) in [5.41, 5.74) is 1.69. The summed E-state index contributed by atoms with van der Waals surface area (Å²) in [5.74, 6) is -0.167. The number of carbonyl (C=O) groups is 2. The van der Waals surface area contributed by atoms with E-state index in [1.165, 1.54) is 0 Å². The van der Waals surface area contributed by atoms with Gasteiger partial charge >= 0.3 is 5.97 Å². The molecule has 1 N–H and O–H groups in total. The number of carbonyl (C=O) groups excluding carboxylic acids is 2. The number of aliphatic hydroxyl groups is 1. The summed E-state index contributed by atoms with van der Waals surface area (Å²) in [5, 5.41) is 13.4. The summed E-state index contributed by atoms with van der Waals surface area (Å²) in [4.78, 5) is 29.3. The van der Waals surface area contributed by atoms with Gasteiger partial charge in [-0.05, 0) is 83.0 Å². The van der Waals surface area contributed by atoms with Gasteiger partial charge in [0, 0.05) is 6.42 Å². The molecule has 1 heterocycles. The molecule has 0 bridgehead atoms. The van der Waals surface area contributed by atoms with Gasteiger partial charge in [-0.1, -0.05) is 61.2 Å². The minimum absolute atomic E-state index is 0.0997. The van der Waals surface area contributed by atoms with E-state index in [0.717, 1.165) is 37.2 Å². The zero-order chi connectivity index (χ0) is 28.6. The molecule has 0 unspecified atom stereocenters. The van der Waals surface area contributed by atoms with Crippen LogP contribution in [0, 0.1) is 3.57 Å². The van der Waals surface area contributed by atoms with E-state index in [9.17, 15) is 14.7 Å². The van der Waals surface area contributed by atoms with Crippen molar-refractivity contribution in [2.24, 2.45) is 4.99 Å². The molecule has 0 saturated carbocycles. The van der Waals surface area contributed by atoms with Gasteiger partial charge in [0.05, 0.1) is 21.7 Å². The molecule has 0 fully saturated rings. The van der Waals surface area contributed by atoms with Crippen molar-refractivity contribution in [3.63, 3.8) is 0 Å². The third-order valence-electron chi connectivity index (χ3n) is 5.94. The Morgan fingerprint density at radius 1 is 1.02 bits per heavy atom. The molecule has 7 nitrogen and oxygen atoms in total. The molecule has 0 atom stereocenters. The average molecular weight is 672 g/mol. The second kappa shape index (κ2) is 13.8. The van der Waals surface area contributed by atoms with Crippen molar-refractivity contribution in [1.82, 2.24) is 0 Å². The summed E-state index contributed by atoms with van der Waals surface area (Å²) in [6.45, 7) is 6.38. The van der Waals surface area contributed by atoms with Crippen LogP contribution >= 0.6 is 34.4 Å². The maximum atomic E-state index is 12.6. The fraction of sp³-hybridized carbons (Fsp3) is 0.258. The summed E-state index contributed by atoms with van der Waals surface area (Å²) < 4.78 is 18.2. The number of thioether (sulfide) groups is 1. The first-order chi connectivity index (χ1) is 19.4. The Morgan fingerprint density at radius 3 is 2.55 bits per heavy atom. The highest BCUT2D eigenvalue weighted by molar-refractivity contribution is 14.1. The van der Waals surface area contributed by atoms with E-state index < -0.39 is 5.97 Å². The molecule has 40 heavy (non-hydrogen) atoms. The van der Waals surface area contributed by atoms with E-state index >= 15 is 0 Å². The number of aliphatic hydroxyl groups excluding tert-OH is 1. The quantitative estimate of drug-likeness (QED) is 0.175. The molecule has 0 saturated heterocycles. The van der Waals surface area contributed by atoms with Crippen molar-refractivity contribution in [3.05, 3.63) is 85.5 Å². The van der Waals surface area contributed by atoms with E-state index in [0.29, 0.717) is 36.0 Å². The van der Waals surface area contributed by atoms with Crippen LogP contribution in [0.15, 0.2) is 75.8 Å². The van der Waals surface area contributed by atoms with Crippen LogP contribution in [0.4, 0.5) is 0 Å². The normalized spacial score (nSPS) is 15.2. The van der Waals surface area contributed by atoms with Crippen molar-refractivity contribution in [3.8, 4) is 11.5 Å². The van der Waals surface area contributed by atoms with E-state index in [2.05, 4.69) is 45.8 Å². The van der Waals surface area contributed by atoms with Crippen LogP contribution in [0.5, 0.6) is 11.5 Å². The lowest BCUT2D eigenvalue weighted by Gasteiger charge is -2.16. The monoisotopic (exact) mass is 671 g/mol. The van der Waals surface area contributed by atoms with Gasteiger partial charge < -0.3 is 19.3 Å². The number of halogens is 1. The second-order valence-electron chi connectivity index (χ2n) is 8.81. The van der Waals surface area contributed by atoms with Crippen molar-refractivity contribution in [2.75, 3.05) is 13.2 Å². The summed E-state index contributed by atoms with van der Waals surface area (Å²) in [6, 6.07) is 18.0. The van der Waals surface area contributed by atoms with Gasteiger partial charge in [0.15, 0.2) is 11.5 Å². The lowest BCUT2D eigenvalue weighted by molar-refractivity contribution is -0.138. The van der Waals surface area contributed by atoms with Crippen LogP contribution in [0.3, 0.4) is 0 Å². The molecule has 3 aromatic rings. The van der Waals surface area contributed by atoms with Gasteiger partial charge in [-0.2, -0.15) is 0 Å². The number of aliphatic imine (C=N–C) groups is 1. The third-order valence-corrected chi connectivity index (χ3v) is 7.76. The minimum Gasteiger partial charge on any atom is -0.506 e. The number of ether oxygens (including phenoxy) is 3. The third kappa shape index (κ3) is 6.87. The van der Waals surface area contributed by atoms with Gasteiger partial charge in [0.2, 0.25) is 5.91 Å². The molecule has 0 aromatic heterocycles. The maximum absolute atomic E-state index is 12.6. The van der Waals surface area contributed by atoms with Gasteiger partial charge in [-0.3, -0.25) is 4.79 Å². The Labute approximate surface area is 251 Å². The molecule has 1 aliphatic rings. The standard InChI is InChI=1S/C31H30INO6S/c1-4-10-26(34)33-30-27(31(36)38-6-3)28(35)25(40-30)17-19-15-23(32)29(24(16-19)37-5-2)39-18-21-13-9-12-20-11-7-8-14-22(20)21/h7-9,11-17,35H,4-6,10,18H2,1-3H3/b25-17-,33-30?. The Bertz CT molecular complexity index is 1520. The molecular formula is C31H30INO6S. The van der Waals surface area contributed by atoms with Crippen LogP contribution in [-0.4, -0.2) is 35.2 Å². The van der Waals surface area contributed by atoms with E-state index in [4.69, 9.17) is 14.2 Å². The number of fused-ring (bicyclic) bond motifs is 1. The smallest absolute Gasteiger partial charge is 0.344 e. The Morgan fingerprint density at radius 2 is 1.80 bits per heavy atom.